The smallest absolute Gasteiger partial charge is 0.423 e. The number of hydrogen-bond acceptors (Lipinski definition) is 3. The van der Waals surface area contributed by atoms with Crippen molar-refractivity contribution in [1.82, 2.24) is 0 Å². The lowest BCUT2D eigenvalue weighted by atomic mass is 9.77. The van der Waals surface area contributed by atoms with Crippen LogP contribution in [0.3, 0.4) is 0 Å². The number of hydrogen-bond donors (Lipinski definition) is 2. The van der Waals surface area contributed by atoms with E-state index in [4.69, 9.17) is 0 Å². The molecule has 0 unspecified atom stereocenters. The summed E-state index contributed by atoms with van der Waals surface area (Å²) in [4.78, 5) is 1.20. The van der Waals surface area contributed by atoms with E-state index in [1.807, 2.05) is 18.2 Å². The van der Waals surface area contributed by atoms with Crippen LogP contribution in [0, 0.1) is 13.8 Å². The van der Waals surface area contributed by atoms with Gasteiger partial charge < -0.3 is 10.0 Å². The monoisotopic (exact) mass is 272 g/mol. The van der Waals surface area contributed by atoms with Crippen molar-refractivity contribution in [2.24, 2.45) is 0 Å². The van der Waals surface area contributed by atoms with E-state index in [1.165, 1.54) is 16.0 Å². The lowest BCUT2D eigenvalue weighted by Crippen LogP contribution is -2.32. The predicted octanol–water partition coefficient (Wildman–Crippen LogP) is 2.28. The molecule has 0 saturated carbocycles. The molecule has 2 aromatic carbocycles. The van der Waals surface area contributed by atoms with Gasteiger partial charge in [-0.05, 0) is 48.1 Å². The second-order valence-electron chi connectivity index (χ2n) is 4.61. The van der Waals surface area contributed by atoms with Crippen LogP contribution in [-0.2, 0) is 5.75 Å². The Morgan fingerprint density at radius 2 is 1.74 bits per heavy atom. The van der Waals surface area contributed by atoms with Gasteiger partial charge in [0.15, 0.2) is 0 Å². The number of rotatable bonds is 4. The molecular formula is C15H17BO2S. The second kappa shape index (κ2) is 6.28. The Bertz CT molecular complexity index is 570. The zero-order chi connectivity index (χ0) is 13.8. The standard InChI is InChI=1S/C15H17BO2S/c1-11-7-8-14(9-12(11)2)19-10-13-5-3-4-6-15(13)16(17)18/h3-9,17-18H,10H2,1-2H3. The van der Waals surface area contributed by atoms with E-state index in [1.54, 1.807) is 17.8 Å². The highest BCUT2D eigenvalue weighted by molar-refractivity contribution is 7.98. The molecule has 98 valence electrons. The number of thioether (sulfide) groups is 1. The average Bonchev–Trinajstić information content (AvgIpc) is 2.40. The molecule has 0 amide bonds. The van der Waals surface area contributed by atoms with Gasteiger partial charge >= 0.3 is 7.12 Å². The maximum atomic E-state index is 9.33. The van der Waals surface area contributed by atoms with Crippen LogP contribution in [0.15, 0.2) is 47.4 Å². The molecule has 2 N–H and O–H groups in total. The minimum atomic E-state index is -1.41. The molecule has 0 fully saturated rings. The fraction of sp³-hybridized carbons (Fsp3) is 0.200. The van der Waals surface area contributed by atoms with Crippen molar-refractivity contribution in [2.45, 2.75) is 24.5 Å². The van der Waals surface area contributed by atoms with Crippen molar-refractivity contribution >= 4 is 24.3 Å². The molecule has 2 aromatic rings. The van der Waals surface area contributed by atoms with Gasteiger partial charge in [-0.3, -0.25) is 0 Å². The quantitative estimate of drug-likeness (QED) is 0.662. The van der Waals surface area contributed by atoms with E-state index in [2.05, 4.69) is 32.0 Å². The van der Waals surface area contributed by atoms with Gasteiger partial charge in [0.25, 0.3) is 0 Å². The lowest BCUT2D eigenvalue weighted by molar-refractivity contribution is 0.425. The van der Waals surface area contributed by atoms with Crippen LogP contribution in [0.4, 0.5) is 0 Å². The summed E-state index contributed by atoms with van der Waals surface area (Å²) in [5, 5.41) is 18.7. The molecule has 0 aliphatic rings. The van der Waals surface area contributed by atoms with Crippen molar-refractivity contribution in [3.05, 3.63) is 59.2 Å². The first kappa shape index (κ1) is 14.2. The third kappa shape index (κ3) is 3.63. The first-order chi connectivity index (χ1) is 9.08. The van der Waals surface area contributed by atoms with E-state index in [9.17, 15) is 10.0 Å². The molecule has 0 spiro atoms. The molecule has 0 radical (unpaired) electrons. The molecule has 0 saturated heterocycles. The van der Waals surface area contributed by atoms with E-state index in [-0.39, 0.29) is 0 Å². The molecule has 0 heterocycles. The van der Waals surface area contributed by atoms with Gasteiger partial charge in [-0.15, -0.1) is 11.8 Å². The average molecular weight is 272 g/mol. The third-order valence-electron chi connectivity index (χ3n) is 3.21. The number of benzene rings is 2. The molecule has 19 heavy (non-hydrogen) atoms. The first-order valence-corrected chi connectivity index (χ1v) is 7.20. The normalized spacial score (nSPS) is 10.5. The van der Waals surface area contributed by atoms with Crippen molar-refractivity contribution in [2.75, 3.05) is 0 Å². The summed E-state index contributed by atoms with van der Waals surface area (Å²) < 4.78 is 0. The summed E-state index contributed by atoms with van der Waals surface area (Å²) in [5.41, 5.74) is 4.11. The highest BCUT2D eigenvalue weighted by Gasteiger charge is 2.14. The van der Waals surface area contributed by atoms with Crippen LogP contribution < -0.4 is 5.46 Å². The van der Waals surface area contributed by atoms with Gasteiger partial charge in [0.2, 0.25) is 0 Å². The summed E-state index contributed by atoms with van der Waals surface area (Å²) in [6, 6.07) is 13.8. The maximum Gasteiger partial charge on any atom is 0.488 e. The highest BCUT2D eigenvalue weighted by atomic mass is 32.2. The van der Waals surface area contributed by atoms with Crippen molar-refractivity contribution < 1.29 is 10.0 Å². The SMILES string of the molecule is Cc1ccc(SCc2ccccc2B(O)O)cc1C. The van der Waals surface area contributed by atoms with Gasteiger partial charge in [0, 0.05) is 10.6 Å². The Hall–Kier alpha value is -1.23. The lowest BCUT2D eigenvalue weighted by Gasteiger charge is -2.09. The zero-order valence-corrected chi connectivity index (χ0v) is 11.9. The van der Waals surface area contributed by atoms with Crippen molar-refractivity contribution in [3.8, 4) is 0 Å². The summed E-state index contributed by atoms with van der Waals surface area (Å²) >= 11 is 1.71. The molecular weight excluding hydrogens is 255 g/mol. The van der Waals surface area contributed by atoms with Gasteiger partial charge in [-0.1, -0.05) is 30.3 Å². The van der Waals surface area contributed by atoms with Crippen molar-refractivity contribution in [3.63, 3.8) is 0 Å². The van der Waals surface area contributed by atoms with E-state index in [0.29, 0.717) is 5.46 Å². The first-order valence-electron chi connectivity index (χ1n) is 6.22. The predicted molar refractivity (Wildman–Crippen MR) is 81.7 cm³/mol. The molecule has 4 heteroatoms. The van der Waals surface area contributed by atoms with Crippen LogP contribution >= 0.6 is 11.8 Å². The Labute approximate surface area is 118 Å². The fourth-order valence-corrected chi connectivity index (χ4v) is 2.89. The third-order valence-corrected chi connectivity index (χ3v) is 4.25. The minimum Gasteiger partial charge on any atom is -0.423 e. The van der Waals surface area contributed by atoms with Crippen LogP contribution in [0.2, 0.25) is 0 Å². The topological polar surface area (TPSA) is 40.5 Å². The highest BCUT2D eigenvalue weighted by Crippen LogP contribution is 2.24. The molecule has 0 bridgehead atoms. The van der Waals surface area contributed by atoms with Crippen LogP contribution in [0.25, 0.3) is 0 Å². The summed E-state index contributed by atoms with van der Waals surface area (Å²) in [6.45, 7) is 4.20. The molecule has 0 atom stereocenters. The van der Waals surface area contributed by atoms with Gasteiger partial charge in [0.05, 0.1) is 0 Å². The van der Waals surface area contributed by atoms with E-state index < -0.39 is 7.12 Å². The van der Waals surface area contributed by atoms with Crippen LogP contribution in [0.1, 0.15) is 16.7 Å². The van der Waals surface area contributed by atoms with Gasteiger partial charge in [0.1, 0.15) is 0 Å². The van der Waals surface area contributed by atoms with E-state index >= 15 is 0 Å². The second-order valence-corrected chi connectivity index (χ2v) is 5.66. The molecule has 0 aliphatic heterocycles. The number of aryl methyl sites for hydroxylation is 2. The maximum absolute atomic E-state index is 9.33. The van der Waals surface area contributed by atoms with Gasteiger partial charge in [-0.25, -0.2) is 0 Å². The minimum absolute atomic E-state index is 0.582. The van der Waals surface area contributed by atoms with Crippen LogP contribution in [-0.4, -0.2) is 17.2 Å². The molecule has 2 nitrogen and oxygen atoms in total. The Kier molecular flexibility index (Phi) is 4.69. The molecule has 2 rings (SSSR count). The Balaban J connectivity index is 2.12. The summed E-state index contributed by atoms with van der Waals surface area (Å²) in [7, 11) is -1.41. The largest absolute Gasteiger partial charge is 0.488 e. The molecule has 0 aromatic heterocycles. The summed E-state index contributed by atoms with van der Waals surface area (Å²) in [6.07, 6.45) is 0. The van der Waals surface area contributed by atoms with Crippen molar-refractivity contribution in [1.29, 1.82) is 0 Å². The Morgan fingerprint density at radius 1 is 1.00 bits per heavy atom. The van der Waals surface area contributed by atoms with Gasteiger partial charge in [-0.2, -0.15) is 0 Å². The summed E-state index contributed by atoms with van der Waals surface area (Å²) in [5.74, 6) is 0.732. The van der Waals surface area contributed by atoms with E-state index in [0.717, 1.165) is 11.3 Å². The Morgan fingerprint density at radius 3 is 2.42 bits per heavy atom. The van der Waals surface area contributed by atoms with Crippen LogP contribution in [0.5, 0.6) is 0 Å². The zero-order valence-electron chi connectivity index (χ0n) is 11.1. The fourth-order valence-electron chi connectivity index (χ4n) is 1.88. The molecule has 0 aliphatic carbocycles.